The van der Waals surface area contributed by atoms with Crippen molar-refractivity contribution in [2.24, 2.45) is 5.92 Å². The molecule has 0 heterocycles. The van der Waals surface area contributed by atoms with Crippen LogP contribution in [0.15, 0.2) is 0 Å². The normalized spacial score (nSPS) is 6.75. The first kappa shape index (κ1) is 36.5. The lowest BCUT2D eigenvalue weighted by Crippen LogP contribution is -1.85. The Morgan fingerprint density at radius 2 is 1.05 bits per heavy atom. The van der Waals surface area contributed by atoms with Crippen LogP contribution in [-0.4, -0.2) is 23.3 Å². The number of carbonyl (C=O) groups is 2. The summed E-state index contributed by atoms with van der Waals surface area (Å²) in [5.41, 5.74) is 0. The largest absolute Gasteiger partial charge is 0.394 e. The van der Waals surface area contributed by atoms with Crippen molar-refractivity contribution in [3.8, 4) is 0 Å². The van der Waals surface area contributed by atoms with Gasteiger partial charge in [-0.05, 0) is 19.8 Å². The molecular formula is C17H42O3. The highest BCUT2D eigenvalue weighted by molar-refractivity contribution is 6.23. The average molecular weight is 295 g/mol. The molecule has 0 spiro atoms. The number of carbonyl (C=O) groups excluding carboxylic acids is 2. The first-order valence-corrected chi connectivity index (χ1v) is 7.91. The lowest BCUT2D eigenvalue weighted by Gasteiger charge is -1.90. The zero-order valence-corrected chi connectivity index (χ0v) is 16.2. The summed E-state index contributed by atoms with van der Waals surface area (Å²) in [6.45, 7) is 23.3. The summed E-state index contributed by atoms with van der Waals surface area (Å²) in [4.78, 5) is 18.6. The van der Waals surface area contributed by atoms with Crippen LogP contribution in [0.3, 0.4) is 0 Å². The van der Waals surface area contributed by atoms with Gasteiger partial charge in [0.15, 0.2) is 12.1 Å². The third-order valence-electron chi connectivity index (χ3n) is 0.982. The molecule has 128 valence electrons. The van der Waals surface area contributed by atoms with E-state index in [9.17, 15) is 4.79 Å². The molecule has 0 aromatic heterocycles. The van der Waals surface area contributed by atoms with Crippen LogP contribution < -0.4 is 0 Å². The van der Waals surface area contributed by atoms with Gasteiger partial charge in [-0.2, -0.15) is 0 Å². The van der Waals surface area contributed by atoms with Crippen LogP contribution in [-0.2, 0) is 9.59 Å². The molecule has 0 aliphatic heterocycles. The van der Waals surface area contributed by atoms with E-state index in [2.05, 4.69) is 20.8 Å². The molecule has 0 radical (unpaired) electrons. The van der Waals surface area contributed by atoms with Crippen LogP contribution in [0.2, 0.25) is 0 Å². The molecule has 0 amide bonds. The fourth-order valence-electron chi connectivity index (χ4n) is 0. The quantitative estimate of drug-likeness (QED) is 0.556. The summed E-state index contributed by atoms with van der Waals surface area (Å²) in [7, 11) is 0. The SMILES string of the molecule is CC.CC.CC.CC(=O)C=O.CC(C)O.CCC(C)C. The van der Waals surface area contributed by atoms with Gasteiger partial charge in [-0.1, -0.05) is 68.7 Å². The molecule has 0 aromatic carbocycles. The van der Waals surface area contributed by atoms with Crippen LogP contribution in [0.4, 0.5) is 0 Å². The minimum Gasteiger partial charge on any atom is -0.394 e. The smallest absolute Gasteiger partial charge is 0.192 e. The second kappa shape index (κ2) is 51.6. The molecule has 3 heteroatoms. The van der Waals surface area contributed by atoms with Gasteiger partial charge in [0.2, 0.25) is 0 Å². The Balaban J connectivity index is -0.0000000311. The van der Waals surface area contributed by atoms with Crippen LogP contribution in [0.25, 0.3) is 0 Å². The van der Waals surface area contributed by atoms with Crippen LogP contribution in [0, 0.1) is 5.92 Å². The zero-order valence-electron chi connectivity index (χ0n) is 16.2. The van der Waals surface area contributed by atoms with Gasteiger partial charge in [-0.3, -0.25) is 9.59 Å². The Morgan fingerprint density at radius 1 is 0.950 bits per heavy atom. The van der Waals surface area contributed by atoms with Crippen molar-refractivity contribution >= 4 is 12.1 Å². The van der Waals surface area contributed by atoms with Crippen LogP contribution >= 0.6 is 0 Å². The average Bonchev–Trinajstić information content (AvgIpc) is 2.45. The maximum atomic E-state index is 9.44. The number of aliphatic hydroxyl groups excluding tert-OH is 1. The number of hydrogen-bond acceptors (Lipinski definition) is 3. The van der Waals surface area contributed by atoms with Gasteiger partial charge < -0.3 is 5.11 Å². The van der Waals surface area contributed by atoms with E-state index in [4.69, 9.17) is 9.90 Å². The van der Waals surface area contributed by atoms with E-state index in [-0.39, 0.29) is 12.4 Å². The second-order valence-electron chi connectivity index (χ2n) is 3.62. The van der Waals surface area contributed by atoms with Crippen molar-refractivity contribution in [3.63, 3.8) is 0 Å². The molecule has 0 aliphatic rings. The number of aliphatic hydroxyl groups is 1. The molecule has 0 bridgehead atoms. The molecule has 0 saturated heterocycles. The van der Waals surface area contributed by atoms with E-state index in [0.29, 0.717) is 0 Å². The van der Waals surface area contributed by atoms with Gasteiger partial charge in [0.1, 0.15) is 0 Å². The Labute approximate surface area is 129 Å². The minimum atomic E-state index is -0.426. The van der Waals surface area contributed by atoms with Gasteiger partial charge in [0.05, 0.1) is 0 Å². The minimum absolute atomic E-state index is 0.167. The standard InChI is InChI=1S/C5H12.C3H4O2.C3H8O.3C2H6/c1-4-5(2)3;1-3(5)2-4;1-3(2)4;3*1-2/h5H,4H2,1-3H3;2H,1H3;3-4H,1-2H3;3*1-2H3. The summed E-state index contributed by atoms with van der Waals surface area (Å²) >= 11 is 0. The highest BCUT2D eigenvalue weighted by Gasteiger charge is 1.80. The van der Waals surface area contributed by atoms with Crippen LogP contribution in [0.1, 0.15) is 89.5 Å². The van der Waals surface area contributed by atoms with Gasteiger partial charge >= 0.3 is 0 Å². The van der Waals surface area contributed by atoms with Crippen molar-refractivity contribution in [3.05, 3.63) is 0 Å². The highest BCUT2D eigenvalue weighted by atomic mass is 16.3. The van der Waals surface area contributed by atoms with E-state index in [0.717, 1.165) is 5.92 Å². The fraction of sp³-hybridized carbons (Fsp3) is 0.882. The Hall–Kier alpha value is -0.700. The van der Waals surface area contributed by atoms with Gasteiger partial charge in [-0.25, -0.2) is 0 Å². The maximum absolute atomic E-state index is 9.44. The van der Waals surface area contributed by atoms with Gasteiger partial charge in [-0.15, -0.1) is 0 Å². The summed E-state index contributed by atoms with van der Waals surface area (Å²) < 4.78 is 0. The molecule has 1 N–H and O–H groups in total. The summed E-state index contributed by atoms with van der Waals surface area (Å²) in [6, 6.07) is 0. The lowest BCUT2D eigenvalue weighted by atomic mass is 10.2. The molecule has 0 saturated carbocycles. The summed E-state index contributed by atoms with van der Waals surface area (Å²) in [6.07, 6.45) is 1.42. The fourth-order valence-corrected chi connectivity index (χ4v) is 0. The summed E-state index contributed by atoms with van der Waals surface area (Å²) in [5.74, 6) is 0.458. The first-order valence-electron chi connectivity index (χ1n) is 7.91. The van der Waals surface area contributed by atoms with Crippen LogP contribution in [0.5, 0.6) is 0 Å². The van der Waals surface area contributed by atoms with Crippen molar-refractivity contribution in [1.29, 1.82) is 0 Å². The van der Waals surface area contributed by atoms with E-state index < -0.39 is 5.78 Å². The van der Waals surface area contributed by atoms with E-state index >= 15 is 0 Å². The number of Topliss-reactive ketones (excluding diaryl/α,β-unsaturated/α-hetero) is 1. The Morgan fingerprint density at radius 3 is 1.05 bits per heavy atom. The molecule has 3 nitrogen and oxygen atoms in total. The van der Waals surface area contributed by atoms with E-state index in [1.165, 1.54) is 13.3 Å². The third-order valence-corrected chi connectivity index (χ3v) is 0.982. The van der Waals surface area contributed by atoms with Gasteiger partial charge in [0.25, 0.3) is 0 Å². The zero-order chi connectivity index (χ0) is 18.1. The Bertz CT molecular complexity index is 127. The third kappa shape index (κ3) is 422. The predicted octanol–water partition coefficient (Wildman–Crippen LogP) is 5.29. The molecule has 0 aromatic rings. The molecule has 0 fully saturated rings. The second-order valence-corrected chi connectivity index (χ2v) is 3.62. The summed E-state index contributed by atoms with van der Waals surface area (Å²) in [5, 5.41) is 8.06. The monoisotopic (exact) mass is 294 g/mol. The van der Waals surface area contributed by atoms with Crippen molar-refractivity contribution < 1.29 is 14.7 Å². The molecule has 20 heavy (non-hydrogen) atoms. The molecule has 0 rings (SSSR count). The number of rotatable bonds is 2. The molecule has 0 unspecified atom stereocenters. The number of aldehydes is 1. The Kier molecular flexibility index (Phi) is 94.3. The van der Waals surface area contributed by atoms with E-state index in [1.807, 2.05) is 41.5 Å². The highest BCUT2D eigenvalue weighted by Crippen LogP contribution is 1.93. The van der Waals surface area contributed by atoms with Gasteiger partial charge in [0, 0.05) is 13.0 Å². The first-order chi connectivity index (χ1) is 9.27. The van der Waals surface area contributed by atoms with Crippen molar-refractivity contribution in [2.45, 2.75) is 95.6 Å². The topological polar surface area (TPSA) is 54.4 Å². The lowest BCUT2D eigenvalue weighted by molar-refractivity contribution is -0.128. The predicted molar refractivity (Wildman–Crippen MR) is 93.3 cm³/mol. The maximum Gasteiger partial charge on any atom is 0.192 e. The number of hydrogen-bond donors (Lipinski definition) is 1. The molecule has 0 atom stereocenters. The molecule has 0 aliphatic carbocycles. The van der Waals surface area contributed by atoms with Crippen molar-refractivity contribution in [1.82, 2.24) is 0 Å². The number of ketones is 1. The molecular weight excluding hydrogens is 252 g/mol. The van der Waals surface area contributed by atoms with Crippen molar-refractivity contribution in [2.75, 3.05) is 0 Å². The van der Waals surface area contributed by atoms with E-state index in [1.54, 1.807) is 13.8 Å².